The third kappa shape index (κ3) is 4.67. The highest BCUT2D eigenvalue weighted by atomic mass is 35.5. The first-order chi connectivity index (χ1) is 16.1. The highest BCUT2D eigenvalue weighted by Gasteiger charge is 2.36. The van der Waals surface area contributed by atoms with Crippen molar-refractivity contribution < 1.29 is 32.5 Å². The summed E-state index contributed by atoms with van der Waals surface area (Å²) in [6.45, 7) is -0.467. The molecule has 3 heterocycles. The van der Waals surface area contributed by atoms with Crippen molar-refractivity contribution >= 4 is 17.3 Å². The third-order valence-electron chi connectivity index (χ3n) is 5.09. The number of aromatic nitrogens is 4. The molecule has 1 atom stereocenters. The number of aliphatic hydroxyl groups excluding tert-OH is 2. The normalized spacial score (nSPS) is 14.6. The van der Waals surface area contributed by atoms with Crippen molar-refractivity contribution in [1.82, 2.24) is 20.2 Å². The van der Waals surface area contributed by atoms with Crippen LogP contribution in [0, 0.1) is 5.82 Å². The number of nitrogens with zero attached hydrogens (tertiary/aromatic N) is 4. The molecule has 0 saturated heterocycles. The lowest BCUT2D eigenvalue weighted by atomic mass is 10.0. The Morgan fingerprint density at radius 1 is 1.29 bits per heavy atom. The van der Waals surface area contributed by atoms with Crippen LogP contribution in [0.3, 0.4) is 0 Å². The molecular weight excluding hydrogens is 486 g/mol. The van der Waals surface area contributed by atoms with Gasteiger partial charge >= 0.3 is 6.18 Å². The molecule has 0 unspecified atom stereocenters. The Morgan fingerprint density at radius 3 is 2.76 bits per heavy atom. The van der Waals surface area contributed by atoms with E-state index >= 15 is 0 Å². The smallest absolute Gasteiger partial charge is 0.420 e. The number of ether oxygens (including phenoxy) is 1. The van der Waals surface area contributed by atoms with Crippen molar-refractivity contribution in [2.24, 2.45) is 0 Å². The van der Waals surface area contributed by atoms with Crippen LogP contribution < -0.4 is 15.2 Å². The second-order valence-electron chi connectivity index (χ2n) is 7.32. The zero-order valence-corrected chi connectivity index (χ0v) is 17.9. The van der Waals surface area contributed by atoms with Crippen LogP contribution in [0.1, 0.15) is 28.7 Å². The molecule has 3 N–H and O–H groups in total. The van der Waals surface area contributed by atoms with Crippen LogP contribution in [-0.4, -0.2) is 43.5 Å². The number of halogens is 5. The molecular formula is C20H16ClF4N5O4. The molecule has 14 heteroatoms. The number of alkyl halides is 3. The van der Waals surface area contributed by atoms with Crippen LogP contribution >= 0.6 is 11.6 Å². The van der Waals surface area contributed by atoms with Crippen LogP contribution in [0.2, 0.25) is 5.02 Å². The van der Waals surface area contributed by atoms with Crippen molar-refractivity contribution in [1.29, 1.82) is 0 Å². The topological polar surface area (TPSA) is 124 Å². The zero-order valence-electron chi connectivity index (χ0n) is 17.1. The largest absolute Gasteiger partial charge is 0.438 e. The van der Waals surface area contributed by atoms with E-state index in [4.69, 9.17) is 16.3 Å². The van der Waals surface area contributed by atoms with Gasteiger partial charge in [-0.2, -0.15) is 23.3 Å². The second-order valence-corrected chi connectivity index (χ2v) is 7.70. The summed E-state index contributed by atoms with van der Waals surface area (Å²) in [5.74, 6) is -2.36. The summed E-state index contributed by atoms with van der Waals surface area (Å²) >= 11 is 6.08. The summed E-state index contributed by atoms with van der Waals surface area (Å²) in [5, 5.41) is 25.2. The molecule has 0 saturated carbocycles. The molecule has 0 spiro atoms. The Kier molecular flexibility index (Phi) is 6.43. The van der Waals surface area contributed by atoms with Crippen LogP contribution in [-0.2, 0) is 19.1 Å². The number of hydrogen-bond donors (Lipinski definition) is 3. The van der Waals surface area contributed by atoms with Gasteiger partial charge in [0.1, 0.15) is 28.3 Å². The van der Waals surface area contributed by atoms with E-state index in [0.29, 0.717) is 17.3 Å². The lowest BCUT2D eigenvalue weighted by Crippen LogP contribution is -2.33. The number of benzene rings is 1. The van der Waals surface area contributed by atoms with Gasteiger partial charge in [0.15, 0.2) is 5.82 Å². The Balaban J connectivity index is 1.78. The first-order valence-corrected chi connectivity index (χ1v) is 10.2. The number of nitrogens with one attached hydrogen (secondary N) is 1. The molecule has 1 aromatic carbocycles. The maximum absolute atomic E-state index is 13.5. The molecule has 1 aliphatic heterocycles. The Hall–Kier alpha value is -3.29. The summed E-state index contributed by atoms with van der Waals surface area (Å²) in [6, 6.07) is 1.94. The highest BCUT2D eigenvalue weighted by molar-refractivity contribution is 6.33. The first-order valence-electron chi connectivity index (χ1n) is 9.79. The molecule has 4 rings (SSSR count). The third-order valence-corrected chi connectivity index (χ3v) is 5.45. The van der Waals surface area contributed by atoms with E-state index in [0.717, 1.165) is 12.1 Å². The minimum atomic E-state index is -4.90. The molecule has 3 aromatic rings. The van der Waals surface area contributed by atoms with E-state index in [9.17, 15) is 32.6 Å². The van der Waals surface area contributed by atoms with Crippen molar-refractivity contribution in [3.05, 3.63) is 68.2 Å². The number of H-pyrrole nitrogens is 1. The summed E-state index contributed by atoms with van der Waals surface area (Å²) in [5.41, 5.74) is -1.03. The van der Waals surface area contributed by atoms with Gasteiger partial charge in [-0.05, 0) is 24.6 Å². The zero-order chi connectivity index (χ0) is 24.6. The molecule has 0 aliphatic carbocycles. The molecule has 2 aromatic heterocycles. The SMILES string of the molecule is O=c1[nH]ncc(N2CCc3c(nc([C@H](O)CO)nc3Oc3ccc(F)cc3C(F)(F)F)C2)c1Cl. The van der Waals surface area contributed by atoms with Crippen LogP contribution in [0.4, 0.5) is 23.2 Å². The average Bonchev–Trinajstić information content (AvgIpc) is 2.80. The van der Waals surface area contributed by atoms with Gasteiger partial charge in [0.25, 0.3) is 5.56 Å². The number of rotatable bonds is 5. The van der Waals surface area contributed by atoms with Gasteiger partial charge in [-0.25, -0.2) is 14.5 Å². The molecule has 0 bridgehead atoms. The minimum absolute atomic E-state index is 0.0275. The van der Waals surface area contributed by atoms with Gasteiger partial charge in [-0.15, -0.1) is 0 Å². The number of aromatic amines is 1. The van der Waals surface area contributed by atoms with E-state index < -0.39 is 41.6 Å². The summed E-state index contributed by atoms with van der Waals surface area (Å²) in [6.07, 6.45) is -4.93. The van der Waals surface area contributed by atoms with Crippen LogP contribution in [0.25, 0.3) is 0 Å². The number of fused-ring (bicyclic) bond motifs is 1. The van der Waals surface area contributed by atoms with Gasteiger partial charge < -0.3 is 19.8 Å². The number of anilines is 1. The lowest BCUT2D eigenvalue weighted by molar-refractivity contribution is -0.138. The fraction of sp³-hybridized carbons (Fsp3) is 0.300. The van der Waals surface area contributed by atoms with Crippen LogP contribution in [0.5, 0.6) is 11.6 Å². The molecule has 0 fully saturated rings. The van der Waals surface area contributed by atoms with Gasteiger partial charge in [-0.1, -0.05) is 11.6 Å². The van der Waals surface area contributed by atoms with Crippen molar-refractivity contribution in [3.63, 3.8) is 0 Å². The van der Waals surface area contributed by atoms with Gasteiger partial charge in [-0.3, -0.25) is 4.79 Å². The molecule has 0 radical (unpaired) electrons. The predicted octanol–water partition coefficient (Wildman–Crippen LogP) is 2.75. The fourth-order valence-corrected chi connectivity index (χ4v) is 3.66. The number of hydrogen-bond acceptors (Lipinski definition) is 8. The van der Waals surface area contributed by atoms with E-state index in [1.54, 1.807) is 4.90 Å². The molecule has 1 aliphatic rings. The Bertz CT molecular complexity index is 1290. The van der Waals surface area contributed by atoms with E-state index in [-0.39, 0.29) is 41.9 Å². The average molecular weight is 502 g/mol. The van der Waals surface area contributed by atoms with Crippen molar-refractivity contribution in [3.8, 4) is 11.6 Å². The maximum atomic E-state index is 13.5. The van der Waals surface area contributed by atoms with Crippen LogP contribution in [0.15, 0.2) is 29.2 Å². The summed E-state index contributed by atoms with van der Waals surface area (Å²) in [4.78, 5) is 21.7. The van der Waals surface area contributed by atoms with E-state index in [1.165, 1.54) is 6.20 Å². The monoisotopic (exact) mass is 501 g/mol. The standard InChI is InChI=1S/C20H16ClF4N5O4/c21-16-13(6-26-29-18(16)33)30-4-3-10-12(7-30)27-17(14(32)8-31)28-19(10)34-15-2-1-9(22)5-11(15)20(23,24)25/h1-2,5-6,14,31-32H,3-4,7-8H2,(H,29,33)/t14-/m1/s1. The second kappa shape index (κ2) is 9.16. The van der Waals surface area contributed by atoms with Gasteiger partial charge in [0, 0.05) is 12.1 Å². The van der Waals surface area contributed by atoms with E-state index in [2.05, 4.69) is 20.2 Å². The molecule has 9 nitrogen and oxygen atoms in total. The highest BCUT2D eigenvalue weighted by Crippen LogP contribution is 2.40. The quantitative estimate of drug-likeness (QED) is 0.456. The minimum Gasteiger partial charge on any atom is -0.438 e. The molecule has 34 heavy (non-hydrogen) atoms. The molecule has 180 valence electrons. The maximum Gasteiger partial charge on any atom is 0.420 e. The Morgan fingerprint density at radius 2 is 2.06 bits per heavy atom. The summed E-state index contributed by atoms with van der Waals surface area (Å²) < 4.78 is 59.3. The van der Waals surface area contributed by atoms with E-state index in [1.807, 2.05) is 0 Å². The van der Waals surface area contributed by atoms with Gasteiger partial charge in [0.05, 0.1) is 30.7 Å². The van der Waals surface area contributed by atoms with Gasteiger partial charge in [0.2, 0.25) is 5.88 Å². The summed E-state index contributed by atoms with van der Waals surface area (Å²) in [7, 11) is 0. The van der Waals surface area contributed by atoms with Crippen molar-refractivity contribution in [2.45, 2.75) is 25.2 Å². The van der Waals surface area contributed by atoms with Crippen molar-refractivity contribution in [2.75, 3.05) is 18.1 Å². The predicted molar refractivity (Wildman–Crippen MR) is 110 cm³/mol. The lowest BCUT2D eigenvalue weighted by Gasteiger charge is -2.31. The Labute approximate surface area is 193 Å². The fourth-order valence-electron chi connectivity index (χ4n) is 3.45. The molecule has 0 amide bonds. The number of aliphatic hydroxyl groups is 2. The first kappa shape index (κ1) is 23.9.